The van der Waals surface area contributed by atoms with Crippen molar-refractivity contribution in [3.05, 3.63) is 104 Å². The van der Waals surface area contributed by atoms with Gasteiger partial charge in [0.2, 0.25) is 0 Å². The van der Waals surface area contributed by atoms with E-state index in [-0.39, 0.29) is 25.4 Å². The first-order valence-electron chi connectivity index (χ1n) is 12.1. The van der Waals surface area contributed by atoms with Crippen molar-refractivity contribution in [1.82, 2.24) is 24.6 Å². The maximum Gasteiger partial charge on any atom is 0.352 e. The van der Waals surface area contributed by atoms with Crippen molar-refractivity contribution in [1.29, 1.82) is 0 Å². The number of hydrogen-bond acceptors (Lipinski definition) is 7. The van der Waals surface area contributed by atoms with Crippen molar-refractivity contribution >= 4 is 11.8 Å². The summed E-state index contributed by atoms with van der Waals surface area (Å²) in [5.74, 6) is -0.727. The molecule has 4 rings (SSSR count). The summed E-state index contributed by atoms with van der Waals surface area (Å²) >= 11 is 0. The summed E-state index contributed by atoms with van der Waals surface area (Å²) in [6, 6.07) is 9.34. The van der Waals surface area contributed by atoms with Crippen molar-refractivity contribution in [2.45, 2.75) is 32.0 Å². The zero-order chi connectivity index (χ0) is 28.3. The lowest BCUT2D eigenvalue weighted by atomic mass is 9.91. The van der Waals surface area contributed by atoms with Gasteiger partial charge in [-0.3, -0.25) is 14.2 Å². The highest BCUT2D eigenvalue weighted by Gasteiger charge is 2.30. The van der Waals surface area contributed by atoms with Crippen LogP contribution in [-0.4, -0.2) is 63.0 Å². The van der Waals surface area contributed by atoms with Gasteiger partial charge in [0.25, 0.3) is 5.56 Å². The Morgan fingerprint density at radius 2 is 1.90 bits per heavy atom. The standard InChI is InChI=1S/C27H28FN5O6/c1-16-4-9-20(33-27(38)32(24(36)12-29-33)13-21(34)15-39-3)10-18(16)11-23(35)22-14-31(2)26(37)30-25(22)17-5-7-19(28)8-6-17/h4-10,12,14,21,25,34H,11,13,15H2,1-3H3,(H,30,37)/t21-,25+/m1/s1. The van der Waals surface area contributed by atoms with E-state index in [0.29, 0.717) is 22.4 Å². The SMILES string of the molecule is COC[C@H](O)Cn1c(=O)cnn(-c2ccc(C)c(CC(=O)C3=CN(C)C(=O)N[C@H]3c3ccc(F)cc3)c2)c1=O. The Morgan fingerprint density at radius 1 is 1.18 bits per heavy atom. The Labute approximate surface area is 222 Å². The Hall–Kier alpha value is -4.42. The third-order valence-corrected chi connectivity index (χ3v) is 6.40. The van der Waals surface area contributed by atoms with Gasteiger partial charge in [0.1, 0.15) is 12.0 Å². The van der Waals surface area contributed by atoms with Gasteiger partial charge in [-0.15, -0.1) is 0 Å². The number of nitrogens with one attached hydrogen (secondary N) is 1. The van der Waals surface area contributed by atoms with Gasteiger partial charge in [0, 0.05) is 32.4 Å². The van der Waals surface area contributed by atoms with Crippen LogP contribution in [0, 0.1) is 12.7 Å². The molecular formula is C27H28FN5O6. The number of methoxy groups -OCH3 is 1. The van der Waals surface area contributed by atoms with E-state index < -0.39 is 35.2 Å². The van der Waals surface area contributed by atoms with Crippen molar-refractivity contribution in [3.8, 4) is 5.69 Å². The lowest BCUT2D eigenvalue weighted by molar-refractivity contribution is -0.115. The zero-order valence-corrected chi connectivity index (χ0v) is 21.6. The summed E-state index contributed by atoms with van der Waals surface area (Å²) in [5.41, 5.74) is 1.13. The number of carbonyl (C=O) groups excluding carboxylic acids is 2. The largest absolute Gasteiger partial charge is 0.389 e. The molecule has 0 bridgehead atoms. The van der Waals surface area contributed by atoms with E-state index >= 15 is 0 Å². The summed E-state index contributed by atoms with van der Waals surface area (Å²) < 4.78 is 20.2. The van der Waals surface area contributed by atoms with Crippen LogP contribution >= 0.6 is 0 Å². The van der Waals surface area contributed by atoms with Crippen LogP contribution in [0.4, 0.5) is 9.18 Å². The molecule has 3 aromatic rings. The Morgan fingerprint density at radius 3 is 2.59 bits per heavy atom. The summed E-state index contributed by atoms with van der Waals surface area (Å²) in [6.07, 6.45) is 1.30. The number of halogens is 1. The number of urea groups is 1. The van der Waals surface area contributed by atoms with Gasteiger partial charge in [-0.1, -0.05) is 18.2 Å². The number of ketones is 1. The number of ether oxygens (including phenoxy) is 1. The van der Waals surface area contributed by atoms with Crippen molar-refractivity contribution in [2.24, 2.45) is 0 Å². The van der Waals surface area contributed by atoms with Gasteiger partial charge in [-0.2, -0.15) is 9.78 Å². The molecular weight excluding hydrogens is 509 g/mol. The number of Topliss-reactive ketones (excluding diaryl/α,β-unsaturated/α-hetero) is 1. The van der Waals surface area contributed by atoms with Crippen molar-refractivity contribution in [2.75, 3.05) is 20.8 Å². The number of nitrogens with zero attached hydrogens (tertiary/aromatic N) is 4. The lowest BCUT2D eigenvalue weighted by Crippen LogP contribution is -2.43. The van der Waals surface area contributed by atoms with E-state index in [1.54, 1.807) is 18.2 Å². The van der Waals surface area contributed by atoms with Crippen molar-refractivity contribution < 1.29 is 23.8 Å². The van der Waals surface area contributed by atoms with Gasteiger partial charge < -0.3 is 20.1 Å². The maximum absolute atomic E-state index is 13.5. The average Bonchev–Trinajstić information content (AvgIpc) is 2.90. The minimum atomic E-state index is -1.07. The first-order valence-corrected chi connectivity index (χ1v) is 12.1. The van der Waals surface area contributed by atoms with Crippen LogP contribution in [0.3, 0.4) is 0 Å². The van der Waals surface area contributed by atoms with E-state index in [0.717, 1.165) is 21.0 Å². The Balaban J connectivity index is 1.66. The van der Waals surface area contributed by atoms with Crippen molar-refractivity contribution in [3.63, 3.8) is 0 Å². The van der Waals surface area contributed by atoms with E-state index in [1.807, 2.05) is 6.92 Å². The van der Waals surface area contributed by atoms with Gasteiger partial charge in [0.15, 0.2) is 5.78 Å². The molecule has 2 amide bonds. The predicted octanol–water partition coefficient (Wildman–Crippen LogP) is 1.24. The fourth-order valence-electron chi connectivity index (χ4n) is 4.29. The first kappa shape index (κ1) is 27.6. The highest BCUT2D eigenvalue weighted by Crippen LogP contribution is 2.28. The highest BCUT2D eigenvalue weighted by molar-refractivity contribution is 6.00. The molecule has 1 aromatic heterocycles. The molecule has 1 aliphatic rings. The van der Waals surface area contributed by atoms with Crippen LogP contribution in [0.1, 0.15) is 22.7 Å². The molecule has 12 heteroatoms. The van der Waals surface area contributed by atoms with Crippen LogP contribution in [-0.2, 0) is 22.5 Å². The molecule has 2 heterocycles. The molecule has 2 N–H and O–H groups in total. The van der Waals surface area contributed by atoms with Gasteiger partial charge in [-0.25, -0.2) is 14.0 Å². The molecule has 1 aliphatic heterocycles. The van der Waals surface area contributed by atoms with Crippen LogP contribution in [0.25, 0.3) is 5.69 Å². The number of hydrogen-bond donors (Lipinski definition) is 2. The van der Waals surface area contributed by atoms with Crippen LogP contribution in [0.5, 0.6) is 0 Å². The van der Waals surface area contributed by atoms with E-state index in [1.165, 1.54) is 49.5 Å². The third-order valence-electron chi connectivity index (χ3n) is 6.40. The molecule has 0 spiro atoms. The van der Waals surface area contributed by atoms with Crippen LogP contribution < -0.4 is 16.6 Å². The minimum Gasteiger partial charge on any atom is -0.389 e. The summed E-state index contributed by atoms with van der Waals surface area (Å²) in [6.45, 7) is 1.48. The number of carbonyl (C=O) groups is 2. The van der Waals surface area contributed by atoms with E-state index in [2.05, 4.69) is 10.4 Å². The molecule has 0 saturated carbocycles. The second-order valence-corrected chi connectivity index (χ2v) is 9.24. The molecule has 204 valence electrons. The topological polar surface area (TPSA) is 136 Å². The molecule has 0 radical (unpaired) electrons. The molecule has 2 aromatic carbocycles. The molecule has 0 unspecified atom stereocenters. The summed E-state index contributed by atoms with van der Waals surface area (Å²) in [4.78, 5) is 52.4. The highest BCUT2D eigenvalue weighted by atomic mass is 19.1. The number of aliphatic hydroxyl groups excluding tert-OH is 1. The smallest absolute Gasteiger partial charge is 0.352 e. The summed E-state index contributed by atoms with van der Waals surface area (Å²) in [7, 11) is 2.91. The quantitative estimate of drug-likeness (QED) is 0.419. The lowest BCUT2D eigenvalue weighted by Gasteiger charge is -2.30. The molecule has 39 heavy (non-hydrogen) atoms. The van der Waals surface area contributed by atoms with E-state index in [9.17, 15) is 28.7 Å². The number of amides is 2. The number of benzene rings is 2. The fraction of sp³-hybridized carbons (Fsp3) is 0.296. The second-order valence-electron chi connectivity index (χ2n) is 9.24. The minimum absolute atomic E-state index is 0.0601. The maximum atomic E-state index is 13.5. The normalized spacial score (nSPS) is 16.0. The van der Waals surface area contributed by atoms with Gasteiger partial charge in [-0.05, 0) is 47.9 Å². The number of rotatable bonds is 9. The molecule has 0 fully saturated rings. The first-order chi connectivity index (χ1) is 18.6. The Bertz CT molecular complexity index is 1550. The fourth-order valence-corrected chi connectivity index (χ4v) is 4.29. The van der Waals surface area contributed by atoms with E-state index in [4.69, 9.17) is 4.74 Å². The Kier molecular flexibility index (Phi) is 8.17. The summed E-state index contributed by atoms with van der Waals surface area (Å²) in [5, 5.41) is 16.8. The number of aromatic nitrogens is 3. The van der Waals surface area contributed by atoms with Crippen LogP contribution in [0.15, 0.2) is 70.0 Å². The third kappa shape index (κ3) is 6.02. The zero-order valence-electron chi connectivity index (χ0n) is 21.6. The van der Waals surface area contributed by atoms with Gasteiger partial charge in [0.05, 0.1) is 31.0 Å². The number of aliphatic hydroxyl groups is 1. The molecule has 0 aliphatic carbocycles. The predicted molar refractivity (Wildman–Crippen MR) is 139 cm³/mol. The monoisotopic (exact) mass is 537 g/mol. The second kappa shape index (κ2) is 11.5. The molecule has 2 atom stereocenters. The molecule has 11 nitrogen and oxygen atoms in total. The molecule has 0 saturated heterocycles. The van der Waals surface area contributed by atoms with Gasteiger partial charge >= 0.3 is 11.7 Å². The number of aryl methyl sites for hydroxylation is 1. The average molecular weight is 538 g/mol. The van der Waals surface area contributed by atoms with Crippen LogP contribution in [0.2, 0.25) is 0 Å².